The number of ether oxygens (including phenoxy) is 1. The number of piperidine rings is 1. The van der Waals surface area contributed by atoms with Crippen molar-refractivity contribution in [3.05, 3.63) is 34.9 Å². The zero-order chi connectivity index (χ0) is 14.1. The molecule has 4 heteroatoms. The Morgan fingerprint density at radius 3 is 3.00 bits per heavy atom. The SMILES string of the molecule is COC1CN(c2ccnc3c(Br)cccc23)CCC1C. The fraction of sp³-hybridized carbons (Fsp3) is 0.438. The maximum absolute atomic E-state index is 5.62. The molecule has 20 heavy (non-hydrogen) atoms. The van der Waals surface area contributed by atoms with E-state index in [4.69, 9.17) is 4.74 Å². The van der Waals surface area contributed by atoms with Gasteiger partial charge in [0, 0.05) is 41.9 Å². The van der Waals surface area contributed by atoms with E-state index >= 15 is 0 Å². The highest BCUT2D eigenvalue weighted by molar-refractivity contribution is 9.10. The average molecular weight is 335 g/mol. The number of aromatic nitrogens is 1. The largest absolute Gasteiger partial charge is 0.379 e. The number of halogens is 1. The van der Waals surface area contributed by atoms with Crippen LogP contribution in [0.2, 0.25) is 0 Å². The first-order chi connectivity index (χ1) is 9.70. The summed E-state index contributed by atoms with van der Waals surface area (Å²) in [4.78, 5) is 6.91. The van der Waals surface area contributed by atoms with E-state index in [1.807, 2.05) is 19.4 Å². The van der Waals surface area contributed by atoms with Crippen molar-refractivity contribution in [2.75, 3.05) is 25.1 Å². The number of pyridine rings is 1. The fourth-order valence-electron chi connectivity index (χ4n) is 2.96. The zero-order valence-electron chi connectivity index (χ0n) is 11.8. The molecule has 0 bridgehead atoms. The molecule has 0 radical (unpaired) electrons. The predicted molar refractivity (Wildman–Crippen MR) is 86.2 cm³/mol. The van der Waals surface area contributed by atoms with Crippen molar-refractivity contribution in [2.24, 2.45) is 5.92 Å². The molecule has 1 aliphatic heterocycles. The van der Waals surface area contributed by atoms with Gasteiger partial charge >= 0.3 is 0 Å². The second-order valence-corrected chi connectivity index (χ2v) is 6.31. The van der Waals surface area contributed by atoms with E-state index in [1.54, 1.807) is 0 Å². The van der Waals surface area contributed by atoms with Gasteiger partial charge in [0.15, 0.2) is 0 Å². The Hall–Kier alpha value is -1.13. The summed E-state index contributed by atoms with van der Waals surface area (Å²) in [5.41, 5.74) is 2.28. The third-order valence-corrected chi connectivity index (χ3v) is 4.87. The summed E-state index contributed by atoms with van der Waals surface area (Å²) < 4.78 is 6.67. The number of nitrogens with zero attached hydrogens (tertiary/aromatic N) is 2. The van der Waals surface area contributed by atoms with Crippen molar-refractivity contribution in [2.45, 2.75) is 19.4 Å². The molecule has 2 aromatic rings. The molecule has 1 aromatic heterocycles. The number of para-hydroxylation sites is 1. The Morgan fingerprint density at radius 1 is 1.35 bits per heavy atom. The van der Waals surface area contributed by atoms with Crippen molar-refractivity contribution >= 4 is 32.5 Å². The molecule has 106 valence electrons. The van der Waals surface area contributed by atoms with Gasteiger partial charge in [-0.25, -0.2) is 0 Å². The molecule has 0 N–H and O–H groups in total. The Balaban J connectivity index is 2.00. The van der Waals surface area contributed by atoms with Gasteiger partial charge in [-0.2, -0.15) is 0 Å². The van der Waals surface area contributed by atoms with E-state index in [2.05, 4.69) is 50.9 Å². The molecule has 3 nitrogen and oxygen atoms in total. The monoisotopic (exact) mass is 334 g/mol. The molecule has 1 fully saturated rings. The summed E-state index contributed by atoms with van der Waals surface area (Å²) in [6, 6.07) is 8.35. The van der Waals surface area contributed by atoms with Gasteiger partial charge in [0.2, 0.25) is 0 Å². The molecular formula is C16H19BrN2O. The van der Waals surface area contributed by atoms with Gasteiger partial charge in [-0.05, 0) is 40.4 Å². The van der Waals surface area contributed by atoms with Gasteiger partial charge in [0.05, 0.1) is 11.6 Å². The van der Waals surface area contributed by atoms with Gasteiger partial charge in [-0.1, -0.05) is 19.1 Å². The van der Waals surface area contributed by atoms with E-state index in [1.165, 1.54) is 11.1 Å². The van der Waals surface area contributed by atoms with Crippen LogP contribution in [0.1, 0.15) is 13.3 Å². The Labute approximate surface area is 128 Å². The summed E-state index contributed by atoms with van der Waals surface area (Å²) in [6.45, 7) is 4.29. The third kappa shape index (κ3) is 2.42. The minimum absolute atomic E-state index is 0.305. The predicted octanol–water partition coefficient (Wildman–Crippen LogP) is 3.86. The summed E-state index contributed by atoms with van der Waals surface area (Å²) in [7, 11) is 1.81. The van der Waals surface area contributed by atoms with E-state index in [9.17, 15) is 0 Å². The Kier molecular flexibility index (Phi) is 3.94. The van der Waals surface area contributed by atoms with E-state index < -0.39 is 0 Å². The first-order valence-corrected chi connectivity index (χ1v) is 7.81. The highest BCUT2D eigenvalue weighted by Crippen LogP contribution is 2.32. The smallest absolute Gasteiger partial charge is 0.0864 e. The van der Waals surface area contributed by atoms with Crippen LogP contribution in [0.5, 0.6) is 0 Å². The van der Waals surface area contributed by atoms with Crippen molar-refractivity contribution in [3.63, 3.8) is 0 Å². The maximum Gasteiger partial charge on any atom is 0.0864 e. The van der Waals surface area contributed by atoms with Crippen LogP contribution in [0.15, 0.2) is 34.9 Å². The van der Waals surface area contributed by atoms with Crippen LogP contribution in [0, 0.1) is 5.92 Å². The van der Waals surface area contributed by atoms with Crippen LogP contribution in [-0.2, 0) is 4.74 Å². The molecule has 1 aromatic carbocycles. The first kappa shape index (κ1) is 13.8. The van der Waals surface area contributed by atoms with Crippen LogP contribution >= 0.6 is 15.9 Å². The lowest BCUT2D eigenvalue weighted by Gasteiger charge is -2.38. The molecule has 0 aliphatic carbocycles. The second kappa shape index (κ2) is 5.70. The molecule has 0 amide bonds. The highest BCUT2D eigenvalue weighted by atomic mass is 79.9. The fourth-order valence-corrected chi connectivity index (χ4v) is 3.43. The van der Waals surface area contributed by atoms with Crippen LogP contribution < -0.4 is 4.90 Å². The third-order valence-electron chi connectivity index (χ3n) is 4.23. The Bertz CT molecular complexity index is 616. The minimum Gasteiger partial charge on any atom is -0.379 e. The topological polar surface area (TPSA) is 25.4 Å². The second-order valence-electron chi connectivity index (χ2n) is 5.45. The van der Waals surface area contributed by atoms with Crippen LogP contribution in [0.4, 0.5) is 5.69 Å². The molecule has 1 saturated heterocycles. The van der Waals surface area contributed by atoms with E-state index in [0.29, 0.717) is 12.0 Å². The lowest BCUT2D eigenvalue weighted by atomic mass is 9.95. The normalized spacial score (nSPS) is 23.2. The van der Waals surface area contributed by atoms with Gasteiger partial charge < -0.3 is 9.64 Å². The van der Waals surface area contributed by atoms with Gasteiger partial charge in [-0.3, -0.25) is 4.98 Å². The molecule has 3 rings (SSSR count). The number of anilines is 1. The number of fused-ring (bicyclic) bond motifs is 1. The zero-order valence-corrected chi connectivity index (χ0v) is 13.4. The van der Waals surface area contributed by atoms with E-state index in [0.717, 1.165) is 29.5 Å². The van der Waals surface area contributed by atoms with Crippen molar-refractivity contribution in [3.8, 4) is 0 Å². The molecule has 0 saturated carbocycles. The summed E-state index contributed by atoms with van der Waals surface area (Å²) in [5.74, 6) is 0.621. The minimum atomic E-state index is 0.305. The lowest BCUT2D eigenvalue weighted by Crippen LogP contribution is -2.44. The van der Waals surface area contributed by atoms with Gasteiger partial charge in [0.25, 0.3) is 0 Å². The van der Waals surface area contributed by atoms with E-state index in [-0.39, 0.29) is 0 Å². The van der Waals surface area contributed by atoms with Crippen molar-refractivity contribution in [1.29, 1.82) is 0 Å². The lowest BCUT2D eigenvalue weighted by molar-refractivity contribution is 0.0499. The number of methoxy groups -OCH3 is 1. The maximum atomic E-state index is 5.62. The quantitative estimate of drug-likeness (QED) is 0.833. The summed E-state index contributed by atoms with van der Waals surface area (Å²) >= 11 is 3.58. The molecule has 1 aliphatic rings. The molecular weight excluding hydrogens is 316 g/mol. The van der Waals surface area contributed by atoms with Gasteiger partial charge in [0.1, 0.15) is 0 Å². The van der Waals surface area contributed by atoms with Crippen LogP contribution in [0.3, 0.4) is 0 Å². The summed E-state index contributed by atoms with van der Waals surface area (Å²) in [6.07, 6.45) is 3.36. The molecule has 2 unspecified atom stereocenters. The molecule has 2 atom stereocenters. The first-order valence-electron chi connectivity index (χ1n) is 7.01. The average Bonchev–Trinajstić information content (AvgIpc) is 2.48. The number of rotatable bonds is 2. The van der Waals surface area contributed by atoms with Crippen molar-refractivity contribution < 1.29 is 4.74 Å². The number of hydrogen-bond donors (Lipinski definition) is 0. The van der Waals surface area contributed by atoms with Crippen LogP contribution in [0.25, 0.3) is 10.9 Å². The Morgan fingerprint density at radius 2 is 2.20 bits per heavy atom. The van der Waals surface area contributed by atoms with Crippen molar-refractivity contribution in [1.82, 2.24) is 4.98 Å². The number of benzene rings is 1. The van der Waals surface area contributed by atoms with Gasteiger partial charge in [-0.15, -0.1) is 0 Å². The highest BCUT2D eigenvalue weighted by Gasteiger charge is 2.27. The molecule has 2 heterocycles. The van der Waals surface area contributed by atoms with Crippen LogP contribution in [-0.4, -0.2) is 31.3 Å². The summed E-state index contributed by atoms with van der Waals surface area (Å²) in [5, 5.41) is 1.20. The number of hydrogen-bond acceptors (Lipinski definition) is 3. The molecule has 0 spiro atoms. The standard InChI is InChI=1S/C16H19BrN2O/c1-11-7-9-19(10-15(11)20-2)14-6-8-18-16-12(14)4-3-5-13(16)17/h3-6,8,11,15H,7,9-10H2,1-2H3.